The normalized spacial score (nSPS) is 17.6. The van der Waals surface area contributed by atoms with Gasteiger partial charge in [0.25, 0.3) is 5.91 Å². The summed E-state index contributed by atoms with van der Waals surface area (Å²) in [4.78, 5) is 17.5. The lowest BCUT2D eigenvalue weighted by molar-refractivity contribution is 0.0605. The molecule has 2 aromatic heterocycles. The van der Waals surface area contributed by atoms with Gasteiger partial charge in [0.05, 0.1) is 0 Å². The number of benzene rings is 1. The first-order chi connectivity index (χ1) is 13.5. The molecule has 1 atom stereocenters. The fraction of sp³-hybridized carbons (Fsp3) is 0.450. The molecular weight excluding hydrogens is 392 g/mol. The lowest BCUT2D eigenvalue weighted by Gasteiger charge is -2.35. The first-order valence-corrected chi connectivity index (χ1v) is 11.2. The zero-order chi connectivity index (χ0) is 19.7. The molecule has 6 nitrogen and oxygen atoms in total. The van der Waals surface area contributed by atoms with E-state index in [-0.39, 0.29) is 5.91 Å². The van der Waals surface area contributed by atoms with Crippen molar-refractivity contribution in [1.82, 2.24) is 20.0 Å². The number of para-hydroxylation sites is 1. The maximum atomic E-state index is 13.4. The molecule has 1 aromatic carbocycles. The van der Waals surface area contributed by atoms with E-state index in [1.54, 1.807) is 23.1 Å². The minimum atomic E-state index is -0.00760. The molecule has 8 heteroatoms. The van der Waals surface area contributed by atoms with Gasteiger partial charge in [0.15, 0.2) is 10.1 Å². The topological polar surface area (TPSA) is 62.5 Å². The summed E-state index contributed by atoms with van der Waals surface area (Å²) < 4.78 is 6.96. The Bertz CT molecular complexity index is 982. The summed E-state index contributed by atoms with van der Waals surface area (Å²) in [7, 11) is 4.15. The Labute approximate surface area is 172 Å². The maximum Gasteiger partial charge on any atom is 0.289 e. The van der Waals surface area contributed by atoms with Crippen LogP contribution in [0.5, 0.6) is 0 Å². The number of furan rings is 1. The van der Waals surface area contributed by atoms with E-state index in [4.69, 9.17) is 4.42 Å². The van der Waals surface area contributed by atoms with Gasteiger partial charge in [0.2, 0.25) is 0 Å². The van der Waals surface area contributed by atoms with Crippen molar-refractivity contribution >= 4 is 40.0 Å². The second kappa shape index (κ2) is 8.23. The number of carbonyl (C=O) groups excluding carboxylic acids is 1. The van der Waals surface area contributed by atoms with Crippen LogP contribution in [-0.2, 0) is 5.75 Å². The zero-order valence-electron chi connectivity index (χ0n) is 16.3. The van der Waals surface area contributed by atoms with Crippen molar-refractivity contribution in [2.75, 3.05) is 27.2 Å². The molecule has 28 heavy (non-hydrogen) atoms. The van der Waals surface area contributed by atoms with Crippen LogP contribution in [0.25, 0.3) is 11.0 Å². The highest BCUT2D eigenvalue weighted by atomic mass is 32.2. The average Bonchev–Trinajstić information content (AvgIpc) is 3.29. The van der Waals surface area contributed by atoms with E-state index in [9.17, 15) is 4.79 Å². The Balaban J connectivity index is 1.63. The van der Waals surface area contributed by atoms with Crippen molar-refractivity contribution < 1.29 is 9.21 Å². The van der Waals surface area contributed by atoms with Crippen LogP contribution in [0.3, 0.4) is 0 Å². The SMILES string of the molecule is Cc1nnc(SCc2c(C(=O)N3CCCC(N(C)C)C3)oc3ccccc23)s1. The number of thioether (sulfide) groups is 1. The highest BCUT2D eigenvalue weighted by molar-refractivity contribution is 8.00. The van der Waals surface area contributed by atoms with E-state index in [1.165, 1.54) is 0 Å². The molecule has 3 heterocycles. The minimum Gasteiger partial charge on any atom is -0.451 e. The summed E-state index contributed by atoms with van der Waals surface area (Å²) in [5.74, 6) is 1.10. The zero-order valence-corrected chi connectivity index (χ0v) is 18.0. The number of fused-ring (bicyclic) bond motifs is 1. The van der Waals surface area contributed by atoms with Gasteiger partial charge < -0.3 is 14.2 Å². The molecule has 148 valence electrons. The van der Waals surface area contributed by atoms with E-state index in [0.29, 0.717) is 17.6 Å². The summed E-state index contributed by atoms with van der Waals surface area (Å²) in [6.45, 7) is 3.47. The van der Waals surface area contributed by atoms with Crippen molar-refractivity contribution in [3.63, 3.8) is 0 Å². The summed E-state index contributed by atoms with van der Waals surface area (Å²) in [6.07, 6.45) is 2.14. The van der Waals surface area contributed by atoms with Crippen LogP contribution >= 0.6 is 23.1 Å². The lowest BCUT2D eigenvalue weighted by Crippen LogP contribution is -2.47. The minimum absolute atomic E-state index is 0.00760. The van der Waals surface area contributed by atoms with E-state index in [2.05, 4.69) is 29.2 Å². The van der Waals surface area contributed by atoms with Crippen LogP contribution in [-0.4, -0.2) is 59.1 Å². The lowest BCUT2D eigenvalue weighted by atomic mass is 10.0. The molecule has 1 unspecified atom stereocenters. The van der Waals surface area contributed by atoms with Crippen molar-refractivity contribution in [3.05, 3.63) is 40.6 Å². The molecule has 1 aliphatic rings. The van der Waals surface area contributed by atoms with E-state index < -0.39 is 0 Å². The van der Waals surface area contributed by atoms with E-state index in [0.717, 1.165) is 51.8 Å². The molecular formula is C20H24N4O2S2. The van der Waals surface area contributed by atoms with Crippen LogP contribution < -0.4 is 0 Å². The van der Waals surface area contributed by atoms with Crippen molar-refractivity contribution in [3.8, 4) is 0 Å². The van der Waals surface area contributed by atoms with Gasteiger partial charge in [-0.1, -0.05) is 41.3 Å². The van der Waals surface area contributed by atoms with Crippen molar-refractivity contribution in [1.29, 1.82) is 0 Å². The van der Waals surface area contributed by atoms with Gasteiger partial charge in [-0.2, -0.15) is 0 Å². The molecule has 0 aliphatic carbocycles. The second-order valence-corrected chi connectivity index (χ2v) is 9.70. The fourth-order valence-electron chi connectivity index (χ4n) is 3.59. The Kier molecular flexibility index (Phi) is 5.70. The Hall–Kier alpha value is -1.90. The number of likely N-dealkylation sites (N-methyl/N-ethyl adjacent to an activating group) is 1. The summed E-state index contributed by atoms with van der Waals surface area (Å²) in [5, 5.41) is 10.2. The van der Waals surface area contributed by atoms with Crippen LogP contribution in [0.1, 0.15) is 34.0 Å². The molecule has 4 rings (SSSR count). The van der Waals surface area contributed by atoms with Gasteiger partial charge in [-0.25, -0.2) is 0 Å². The molecule has 0 N–H and O–H groups in total. The summed E-state index contributed by atoms with van der Waals surface area (Å²) in [6, 6.07) is 8.26. The average molecular weight is 417 g/mol. The quantitative estimate of drug-likeness (QED) is 0.585. The monoisotopic (exact) mass is 416 g/mol. The predicted octanol–water partition coefficient (Wildman–Crippen LogP) is 4.05. The fourth-order valence-corrected chi connectivity index (χ4v) is 5.43. The van der Waals surface area contributed by atoms with Crippen LogP contribution in [0.4, 0.5) is 0 Å². The number of carbonyl (C=O) groups is 1. The number of amides is 1. The maximum absolute atomic E-state index is 13.4. The molecule has 1 aliphatic heterocycles. The highest BCUT2D eigenvalue weighted by Crippen LogP contribution is 2.34. The van der Waals surface area contributed by atoms with Gasteiger partial charge in [-0.15, -0.1) is 10.2 Å². The summed E-state index contributed by atoms with van der Waals surface area (Å²) >= 11 is 3.17. The third kappa shape index (κ3) is 3.94. The number of aromatic nitrogens is 2. The van der Waals surface area contributed by atoms with Crippen molar-refractivity contribution in [2.24, 2.45) is 0 Å². The number of rotatable bonds is 5. The van der Waals surface area contributed by atoms with E-state index in [1.807, 2.05) is 36.1 Å². The molecule has 1 amide bonds. The molecule has 0 radical (unpaired) electrons. The summed E-state index contributed by atoms with van der Waals surface area (Å²) in [5.41, 5.74) is 1.71. The first-order valence-electron chi connectivity index (χ1n) is 9.42. The number of hydrogen-bond acceptors (Lipinski definition) is 7. The van der Waals surface area contributed by atoms with Crippen LogP contribution in [0, 0.1) is 6.92 Å². The van der Waals surface area contributed by atoms with Gasteiger partial charge in [-0.3, -0.25) is 4.79 Å². The molecule has 1 saturated heterocycles. The van der Waals surface area contributed by atoms with Crippen molar-refractivity contribution in [2.45, 2.75) is 35.9 Å². The Morgan fingerprint density at radius 1 is 1.36 bits per heavy atom. The number of hydrogen-bond donors (Lipinski definition) is 0. The standard InChI is InChI=1S/C20H24N4O2S2/c1-13-21-22-20(28-13)27-12-16-15-8-4-5-9-17(15)26-18(16)19(25)24-10-6-7-14(11-24)23(2)3/h4-5,8-9,14H,6-7,10-12H2,1-3H3. The van der Waals surface area contributed by atoms with Gasteiger partial charge >= 0.3 is 0 Å². The van der Waals surface area contributed by atoms with E-state index >= 15 is 0 Å². The predicted molar refractivity (Wildman–Crippen MR) is 113 cm³/mol. The molecule has 1 fully saturated rings. The van der Waals surface area contributed by atoms with Crippen LogP contribution in [0.2, 0.25) is 0 Å². The Morgan fingerprint density at radius 2 is 2.18 bits per heavy atom. The Morgan fingerprint density at radius 3 is 2.93 bits per heavy atom. The third-order valence-electron chi connectivity index (χ3n) is 5.15. The third-order valence-corrected chi connectivity index (χ3v) is 7.15. The number of aryl methyl sites for hydroxylation is 1. The molecule has 0 saturated carbocycles. The molecule has 0 bridgehead atoms. The highest BCUT2D eigenvalue weighted by Gasteiger charge is 2.30. The smallest absolute Gasteiger partial charge is 0.289 e. The van der Waals surface area contributed by atoms with Crippen LogP contribution in [0.15, 0.2) is 33.0 Å². The molecule has 0 spiro atoms. The second-order valence-electron chi connectivity index (χ2n) is 7.29. The number of likely N-dealkylation sites (tertiary alicyclic amines) is 1. The van der Waals surface area contributed by atoms with Gasteiger partial charge in [0.1, 0.15) is 10.6 Å². The van der Waals surface area contributed by atoms with Gasteiger partial charge in [-0.05, 0) is 39.9 Å². The number of nitrogens with zero attached hydrogens (tertiary/aromatic N) is 4. The molecule has 3 aromatic rings. The largest absolute Gasteiger partial charge is 0.451 e. The first kappa shape index (κ1) is 19.4. The van der Waals surface area contributed by atoms with Gasteiger partial charge in [0, 0.05) is 35.8 Å². The number of piperidine rings is 1.